The molecule has 0 saturated carbocycles. The minimum atomic E-state index is -0.00279. The van der Waals surface area contributed by atoms with Gasteiger partial charge in [-0.05, 0) is 88.5 Å². The Balaban J connectivity index is 1.07. The summed E-state index contributed by atoms with van der Waals surface area (Å²) in [5, 5.41) is 8.80. The SMILES string of the molecule is c1ccc2c(c1)B1c3ccccc3N(c3c4oc5ccccc5c4cc4c3oc3ccccc34)c3cccc(c31)N2c1ccc2oc3c4ccccc4ccc3c2c1. The fraction of sp³-hybridized carbons (Fsp3) is 0. The summed E-state index contributed by atoms with van der Waals surface area (Å²) in [7, 11) is 0. The van der Waals surface area contributed by atoms with Crippen LogP contribution in [0.25, 0.3) is 76.6 Å². The lowest BCUT2D eigenvalue weighted by Crippen LogP contribution is -2.61. The van der Waals surface area contributed by atoms with Crippen LogP contribution in [0.1, 0.15) is 0 Å². The number of hydrogen-bond donors (Lipinski definition) is 0. The van der Waals surface area contributed by atoms with Crippen LogP contribution < -0.4 is 26.2 Å². The number of para-hydroxylation sites is 4. The molecule has 2 aliphatic heterocycles. The molecule has 3 aromatic heterocycles. The Morgan fingerprint density at radius 2 is 0.897 bits per heavy atom. The van der Waals surface area contributed by atoms with Gasteiger partial charge in [-0.3, -0.25) is 0 Å². The molecule has 14 rings (SSSR count). The summed E-state index contributed by atoms with van der Waals surface area (Å²) < 4.78 is 20.4. The van der Waals surface area contributed by atoms with Gasteiger partial charge in [0, 0.05) is 66.1 Å². The van der Waals surface area contributed by atoms with Gasteiger partial charge in [-0.25, -0.2) is 0 Å². The standard InChI is InChI=1S/C52H29BN2O3/c1-2-13-32-30(12-1)24-26-35-36-28-31(25-27-47(36)56-50(32)35)54-41-18-7-5-16-39(41)53-40-17-6-8-19-42(40)55(44-21-11-20-43(54)48(44)53)49-51-37(33-14-3-9-22-45(33)57-51)29-38-34-15-4-10-23-46(34)58-52(38)49/h1-29H. The predicted octanol–water partition coefficient (Wildman–Crippen LogP) is 12.6. The van der Waals surface area contributed by atoms with Crippen LogP contribution in [0.5, 0.6) is 0 Å². The molecule has 0 atom stereocenters. The Kier molecular flexibility index (Phi) is 5.78. The summed E-state index contributed by atoms with van der Waals surface area (Å²) in [6.45, 7) is -0.00279. The van der Waals surface area contributed by atoms with Crippen molar-refractivity contribution >= 4 is 134 Å². The first kappa shape index (κ1) is 30.5. The monoisotopic (exact) mass is 740 g/mol. The van der Waals surface area contributed by atoms with Crippen LogP contribution in [-0.2, 0) is 0 Å². The molecule has 0 fully saturated rings. The Morgan fingerprint density at radius 3 is 1.62 bits per heavy atom. The lowest BCUT2D eigenvalue weighted by molar-refractivity contribution is 0.656. The molecule has 0 spiro atoms. The molecule has 9 aromatic carbocycles. The average Bonchev–Trinajstić information content (AvgIpc) is 3.97. The van der Waals surface area contributed by atoms with E-state index in [0.29, 0.717) is 0 Å². The van der Waals surface area contributed by atoms with Gasteiger partial charge in [0.1, 0.15) is 28.0 Å². The fourth-order valence-electron chi connectivity index (χ4n) is 10.2. The van der Waals surface area contributed by atoms with E-state index >= 15 is 0 Å². The minimum absolute atomic E-state index is 0.00279. The van der Waals surface area contributed by atoms with Gasteiger partial charge in [-0.1, -0.05) is 109 Å². The highest BCUT2D eigenvalue weighted by atomic mass is 16.3. The number of benzene rings is 9. The van der Waals surface area contributed by atoms with Crippen molar-refractivity contribution in [1.29, 1.82) is 0 Å². The zero-order chi connectivity index (χ0) is 37.6. The average molecular weight is 741 g/mol. The maximum Gasteiger partial charge on any atom is 0.252 e. The molecule has 12 aromatic rings. The van der Waals surface area contributed by atoms with Gasteiger partial charge in [0.25, 0.3) is 6.71 Å². The Hall–Kier alpha value is -7.70. The second-order valence-electron chi connectivity index (χ2n) is 15.6. The van der Waals surface area contributed by atoms with E-state index in [0.717, 1.165) is 105 Å². The topological polar surface area (TPSA) is 45.9 Å². The van der Waals surface area contributed by atoms with Crippen LogP contribution in [-0.4, -0.2) is 6.71 Å². The maximum absolute atomic E-state index is 6.89. The lowest BCUT2D eigenvalue weighted by atomic mass is 9.33. The molecule has 5 heterocycles. The number of hydrogen-bond acceptors (Lipinski definition) is 5. The first-order chi connectivity index (χ1) is 28.8. The normalized spacial score (nSPS) is 13.4. The van der Waals surface area contributed by atoms with E-state index in [1.165, 1.54) is 21.8 Å². The van der Waals surface area contributed by atoms with E-state index in [-0.39, 0.29) is 6.71 Å². The molecule has 5 nitrogen and oxygen atoms in total. The third-order valence-electron chi connectivity index (χ3n) is 12.6. The molecule has 0 saturated heterocycles. The summed E-state index contributed by atoms with van der Waals surface area (Å²) in [6, 6.07) is 62.9. The molecular formula is C52H29BN2O3. The molecular weight excluding hydrogens is 711 g/mol. The third-order valence-corrected chi connectivity index (χ3v) is 12.6. The molecule has 0 radical (unpaired) electrons. The molecule has 0 unspecified atom stereocenters. The van der Waals surface area contributed by atoms with Crippen LogP contribution in [0.4, 0.5) is 34.1 Å². The Bertz CT molecular complexity index is 3650. The third kappa shape index (κ3) is 3.86. The van der Waals surface area contributed by atoms with Crippen LogP contribution in [0.3, 0.4) is 0 Å². The van der Waals surface area contributed by atoms with Crippen LogP contribution >= 0.6 is 0 Å². The summed E-state index contributed by atoms with van der Waals surface area (Å²) in [5.74, 6) is 0. The highest BCUT2D eigenvalue weighted by molar-refractivity contribution is 7.00. The molecule has 0 aliphatic carbocycles. The van der Waals surface area contributed by atoms with Crippen molar-refractivity contribution in [2.75, 3.05) is 9.80 Å². The molecule has 58 heavy (non-hydrogen) atoms. The van der Waals surface area contributed by atoms with Gasteiger partial charge in [-0.15, -0.1) is 0 Å². The quantitative estimate of drug-likeness (QED) is 0.165. The molecule has 268 valence electrons. The highest BCUT2D eigenvalue weighted by Crippen LogP contribution is 2.51. The van der Waals surface area contributed by atoms with Gasteiger partial charge in [-0.2, -0.15) is 0 Å². The first-order valence-corrected chi connectivity index (χ1v) is 19.8. The molecule has 0 bridgehead atoms. The van der Waals surface area contributed by atoms with Crippen molar-refractivity contribution in [2.45, 2.75) is 0 Å². The van der Waals surface area contributed by atoms with E-state index in [1.54, 1.807) is 0 Å². The summed E-state index contributed by atoms with van der Waals surface area (Å²) in [6.07, 6.45) is 0. The number of furan rings is 3. The van der Waals surface area contributed by atoms with Crippen LogP contribution in [0.15, 0.2) is 189 Å². The second-order valence-corrected chi connectivity index (χ2v) is 15.6. The molecule has 0 amide bonds. The summed E-state index contributed by atoms with van der Waals surface area (Å²) >= 11 is 0. The lowest BCUT2D eigenvalue weighted by Gasteiger charge is -2.43. The van der Waals surface area contributed by atoms with Crippen molar-refractivity contribution in [1.82, 2.24) is 0 Å². The van der Waals surface area contributed by atoms with Gasteiger partial charge < -0.3 is 23.1 Å². The van der Waals surface area contributed by atoms with Crippen molar-refractivity contribution in [3.05, 3.63) is 176 Å². The number of fused-ring (bicyclic) bond motifs is 15. The zero-order valence-electron chi connectivity index (χ0n) is 30.9. The fourth-order valence-corrected chi connectivity index (χ4v) is 10.2. The smallest absolute Gasteiger partial charge is 0.252 e. The molecule has 2 aliphatic rings. The zero-order valence-corrected chi connectivity index (χ0v) is 30.9. The Morgan fingerprint density at radius 1 is 0.345 bits per heavy atom. The number of nitrogens with zero attached hydrogens (tertiary/aromatic N) is 2. The predicted molar refractivity (Wildman–Crippen MR) is 240 cm³/mol. The van der Waals surface area contributed by atoms with Crippen molar-refractivity contribution in [3.8, 4) is 0 Å². The maximum atomic E-state index is 6.89. The van der Waals surface area contributed by atoms with Gasteiger partial charge >= 0.3 is 0 Å². The number of anilines is 6. The van der Waals surface area contributed by atoms with Gasteiger partial charge in [0.05, 0.1) is 0 Å². The van der Waals surface area contributed by atoms with Crippen molar-refractivity contribution in [2.24, 2.45) is 0 Å². The second kappa shape index (κ2) is 11.0. The van der Waals surface area contributed by atoms with E-state index in [9.17, 15) is 0 Å². The highest BCUT2D eigenvalue weighted by Gasteiger charge is 2.44. The summed E-state index contributed by atoms with van der Waals surface area (Å²) in [5.41, 5.74) is 15.3. The Labute approximate surface area is 331 Å². The van der Waals surface area contributed by atoms with Crippen LogP contribution in [0.2, 0.25) is 0 Å². The summed E-state index contributed by atoms with van der Waals surface area (Å²) in [4.78, 5) is 4.85. The van der Waals surface area contributed by atoms with Crippen molar-refractivity contribution < 1.29 is 13.3 Å². The van der Waals surface area contributed by atoms with Crippen LogP contribution in [0, 0.1) is 0 Å². The number of rotatable bonds is 2. The minimum Gasteiger partial charge on any atom is -0.455 e. The molecule has 6 heteroatoms. The van der Waals surface area contributed by atoms with E-state index < -0.39 is 0 Å². The van der Waals surface area contributed by atoms with E-state index in [4.69, 9.17) is 13.3 Å². The van der Waals surface area contributed by atoms with Gasteiger partial charge in [0.2, 0.25) is 0 Å². The van der Waals surface area contributed by atoms with Gasteiger partial charge in [0.15, 0.2) is 11.2 Å². The van der Waals surface area contributed by atoms with E-state index in [2.05, 4.69) is 174 Å². The molecule has 0 N–H and O–H groups in total. The van der Waals surface area contributed by atoms with E-state index in [1.807, 2.05) is 12.1 Å². The largest absolute Gasteiger partial charge is 0.455 e. The van der Waals surface area contributed by atoms with Crippen molar-refractivity contribution in [3.63, 3.8) is 0 Å². The first-order valence-electron chi connectivity index (χ1n) is 19.8.